The molecule has 2 heterocycles. The van der Waals surface area contributed by atoms with Gasteiger partial charge in [-0.2, -0.15) is 0 Å². The highest BCUT2D eigenvalue weighted by atomic mass is 32.2. The van der Waals surface area contributed by atoms with E-state index in [4.69, 9.17) is 4.74 Å². The minimum atomic E-state index is -3.53. The lowest BCUT2D eigenvalue weighted by molar-refractivity contribution is 0.242. The molecule has 1 aromatic carbocycles. The molecule has 25 heavy (non-hydrogen) atoms. The van der Waals surface area contributed by atoms with Crippen molar-refractivity contribution in [1.29, 1.82) is 0 Å². The van der Waals surface area contributed by atoms with Crippen LogP contribution in [0.15, 0.2) is 40.7 Å². The van der Waals surface area contributed by atoms with E-state index in [-0.39, 0.29) is 17.0 Å². The highest BCUT2D eigenvalue weighted by Crippen LogP contribution is 2.27. The average molecular weight is 382 g/mol. The molecule has 0 spiro atoms. The SMILES string of the molecule is CC(C)Oc1ccc(S(=O)(=O)NCC2CCCN2c2nccs2)cc1. The van der Waals surface area contributed by atoms with Crippen LogP contribution < -0.4 is 14.4 Å². The standard InChI is InChI=1S/C17H23N3O3S2/c1-13(2)23-15-5-7-16(8-6-15)25(21,22)19-12-14-4-3-10-20(14)17-18-9-11-24-17/h5-9,11,13-14,19H,3-4,10,12H2,1-2H3. The zero-order valence-corrected chi connectivity index (χ0v) is 16.0. The van der Waals surface area contributed by atoms with E-state index in [1.54, 1.807) is 41.8 Å². The first kappa shape index (κ1) is 18.2. The lowest BCUT2D eigenvalue weighted by Crippen LogP contribution is -2.40. The molecule has 0 amide bonds. The van der Waals surface area contributed by atoms with E-state index in [0.717, 1.165) is 24.5 Å². The molecule has 1 aromatic heterocycles. The molecule has 1 fully saturated rings. The van der Waals surface area contributed by atoms with Gasteiger partial charge in [0.05, 0.1) is 11.0 Å². The molecule has 3 rings (SSSR count). The number of aromatic nitrogens is 1. The van der Waals surface area contributed by atoms with E-state index in [1.807, 2.05) is 19.2 Å². The quantitative estimate of drug-likeness (QED) is 0.798. The summed E-state index contributed by atoms with van der Waals surface area (Å²) in [5.41, 5.74) is 0. The maximum absolute atomic E-state index is 12.5. The zero-order chi connectivity index (χ0) is 17.9. The van der Waals surface area contributed by atoms with Crippen molar-refractivity contribution in [3.05, 3.63) is 35.8 Å². The van der Waals surface area contributed by atoms with E-state index >= 15 is 0 Å². The number of benzene rings is 1. The third-order valence-corrected chi connectivity index (χ3v) is 6.30. The van der Waals surface area contributed by atoms with E-state index in [2.05, 4.69) is 14.6 Å². The molecule has 0 bridgehead atoms. The molecule has 1 aliphatic rings. The second kappa shape index (κ2) is 7.72. The smallest absolute Gasteiger partial charge is 0.240 e. The third kappa shape index (κ3) is 4.50. The van der Waals surface area contributed by atoms with E-state index in [0.29, 0.717) is 12.3 Å². The summed E-state index contributed by atoms with van der Waals surface area (Å²) in [6.45, 7) is 5.16. The normalized spacial score (nSPS) is 18.0. The molecular weight excluding hydrogens is 358 g/mol. The molecule has 2 aromatic rings. The van der Waals surface area contributed by atoms with Crippen molar-refractivity contribution < 1.29 is 13.2 Å². The Morgan fingerprint density at radius 3 is 2.76 bits per heavy atom. The molecule has 6 nitrogen and oxygen atoms in total. The Kier molecular flexibility index (Phi) is 5.61. The minimum Gasteiger partial charge on any atom is -0.491 e. The van der Waals surface area contributed by atoms with Crippen molar-refractivity contribution in [3.63, 3.8) is 0 Å². The molecule has 0 radical (unpaired) electrons. The van der Waals surface area contributed by atoms with Crippen LogP contribution in [0.3, 0.4) is 0 Å². The summed E-state index contributed by atoms with van der Waals surface area (Å²) >= 11 is 1.58. The van der Waals surface area contributed by atoms with Crippen LogP contribution in [-0.4, -0.2) is 38.6 Å². The molecule has 136 valence electrons. The summed E-state index contributed by atoms with van der Waals surface area (Å²) in [5, 5.41) is 2.90. The van der Waals surface area contributed by atoms with Gasteiger partial charge in [-0.3, -0.25) is 0 Å². The fourth-order valence-electron chi connectivity index (χ4n) is 2.92. The number of anilines is 1. The van der Waals surface area contributed by atoms with Gasteiger partial charge in [-0.1, -0.05) is 0 Å². The Morgan fingerprint density at radius 1 is 1.36 bits per heavy atom. The molecule has 1 atom stereocenters. The van der Waals surface area contributed by atoms with Crippen LogP contribution in [0.25, 0.3) is 0 Å². The van der Waals surface area contributed by atoms with Gasteiger partial charge in [-0.15, -0.1) is 11.3 Å². The molecule has 0 aliphatic carbocycles. The van der Waals surface area contributed by atoms with Crippen molar-refractivity contribution in [2.24, 2.45) is 0 Å². The molecule has 0 saturated carbocycles. The van der Waals surface area contributed by atoms with Crippen molar-refractivity contribution in [3.8, 4) is 5.75 Å². The Hall–Kier alpha value is -1.64. The van der Waals surface area contributed by atoms with Gasteiger partial charge in [-0.05, 0) is 51.0 Å². The van der Waals surface area contributed by atoms with Crippen LogP contribution >= 0.6 is 11.3 Å². The Balaban J connectivity index is 1.63. The summed E-state index contributed by atoms with van der Waals surface area (Å²) in [7, 11) is -3.53. The van der Waals surface area contributed by atoms with E-state index in [1.165, 1.54) is 0 Å². The van der Waals surface area contributed by atoms with Crippen LogP contribution in [0, 0.1) is 0 Å². The molecular formula is C17H23N3O3S2. The minimum absolute atomic E-state index is 0.0554. The monoisotopic (exact) mass is 381 g/mol. The van der Waals surface area contributed by atoms with Gasteiger partial charge >= 0.3 is 0 Å². The number of rotatable bonds is 7. The second-order valence-corrected chi connectivity index (χ2v) is 8.93. The van der Waals surface area contributed by atoms with Gasteiger partial charge < -0.3 is 9.64 Å². The zero-order valence-electron chi connectivity index (χ0n) is 14.4. The summed E-state index contributed by atoms with van der Waals surface area (Å²) in [4.78, 5) is 6.78. The maximum Gasteiger partial charge on any atom is 0.240 e. The van der Waals surface area contributed by atoms with Gasteiger partial charge in [0.1, 0.15) is 5.75 Å². The fourth-order valence-corrected chi connectivity index (χ4v) is 4.73. The van der Waals surface area contributed by atoms with Crippen LogP contribution in [0.5, 0.6) is 5.75 Å². The summed E-state index contributed by atoms with van der Waals surface area (Å²) in [6, 6.07) is 6.67. The molecule has 1 unspecified atom stereocenters. The lowest BCUT2D eigenvalue weighted by atomic mass is 10.2. The predicted molar refractivity (Wildman–Crippen MR) is 99.9 cm³/mol. The number of hydrogen-bond donors (Lipinski definition) is 1. The van der Waals surface area contributed by atoms with Crippen LogP contribution in [-0.2, 0) is 10.0 Å². The first-order chi connectivity index (χ1) is 12.0. The fraction of sp³-hybridized carbons (Fsp3) is 0.471. The highest BCUT2D eigenvalue weighted by molar-refractivity contribution is 7.89. The van der Waals surface area contributed by atoms with Crippen LogP contribution in [0.4, 0.5) is 5.13 Å². The van der Waals surface area contributed by atoms with Crippen molar-refractivity contribution >= 4 is 26.5 Å². The van der Waals surface area contributed by atoms with Crippen LogP contribution in [0.1, 0.15) is 26.7 Å². The van der Waals surface area contributed by atoms with Crippen molar-refractivity contribution in [1.82, 2.24) is 9.71 Å². The first-order valence-electron chi connectivity index (χ1n) is 8.38. The number of sulfonamides is 1. The Morgan fingerprint density at radius 2 is 2.12 bits per heavy atom. The van der Waals surface area contributed by atoms with E-state index in [9.17, 15) is 8.42 Å². The average Bonchev–Trinajstić information content (AvgIpc) is 3.24. The van der Waals surface area contributed by atoms with Gasteiger partial charge in [0.15, 0.2) is 5.13 Å². The largest absolute Gasteiger partial charge is 0.491 e. The van der Waals surface area contributed by atoms with Crippen molar-refractivity contribution in [2.75, 3.05) is 18.0 Å². The topological polar surface area (TPSA) is 71.5 Å². The Bertz CT molecular complexity index is 774. The van der Waals surface area contributed by atoms with Gasteiger partial charge in [0.25, 0.3) is 0 Å². The summed E-state index contributed by atoms with van der Waals surface area (Å²) in [5.74, 6) is 0.666. The van der Waals surface area contributed by atoms with E-state index < -0.39 is 10.0 Å². The maximum atomic E-state index is 12.5. The second-order valence-electron chi connectivity index (χ2n) is 6.29. The van der Waals surface area contributed by atoms with Gasteiger partial charge in [-0.25, -0.2) is 18.1 Å². The van der Waals surface area contributed by atoms with Gasteiger partial charge in [0, 0.05) is 30.7 Å². The lowest BCUT2D eigenvalue weighted by Gasteiger charge is -2.24. The highest BCUT2D eigenvalue weighted by Gasteiger charge is 2.27. The summed E-state index contributed by atoms with van der Waals surface area (Å²) in [6.07, 6.45) is 3.84. The number of ether oxygens (including phenoxy) is 1. The number of hydrogen-bond acceptors (Lipinski definition) is 6. The molecule has 8 heteroatoms. The number of nitrogens with one attached hydrogen (secondary N) is 1. The first-order valence-corrected chi connectivity index (χ1v) is 10.7. The van der Waals surface area contributed by atoms with Gasteiger partial charge in [0.2, 0.25) is 10.0 Å². The van der Waals surface area contributed by atoms with Crippen molar-refractivity contribution in [2.45, 2.75) is 43.7 Å². The molecule has 1 N–H and O–H groups in total. The Labute approximate surface area is 152 Å². The molecule has 1 saturated heterocycles. The summed E-state index contributed by atoms with van der Waals surface area (Å²) < 4.78 is 33.4. The number of nitrogens with zero attached hydrogens (tertiary/aromatic N) is 2. The van der Waals surface area contributed by atoms with Crippen LogP contribution in [0.2, 0.25) is 0 Å². The third-order valence-electron chi connectivity index (χ3n) is 4.06. The predicted octanol–water partition coefficient (Wildman–Crippen LogP) is 2.88. The molecule has 1 aliphatic heterocycles. The number of thiazole rings is 1.